The van der Waals surface area contributed by atoms with Crippen molar-refractivity contribution in [2.75, 3.05) is 31.2 Å². The van der Waals surface area contributed by atoms with Crippen LogP contribution in [0.4, 0.5) is 5.95 Å². The van der Waals surface area contributed by atoms with Crippen LogP contribution in [0.5, 0.6) is 0 Å². The number of amides is 1. The lowest BCUT2D eigenvalue weighted by atomic mass is 10.2. The summed E-state index contributed by atoms with van der Waals surface area (Å²) in [5, 5.41) is 0. The number of fused-ring (bicyclic) bond motifs is 1. The highest BCUT2D eigenvalue weighted by molar-refractivity contribution is 5.94. The first-order valence-electron chi connectivity index (χ1n) is 9.48. The van der Waals surface area contributed by atoms with Gasteiger partial charge < -0.3 is 19.1 Å². The van der Waals surface area contributed by atoms with Gasteiger partial charge >= 0.3 is 0 Å². The van der Waals surface area contributed by atoms with Crippen LogP contribution < -0.4 is 4.90 Å². The monoisotopic (exact) mass is 375 g/mol. The van der Waals surface area contributed by atoms with E-state index in [1.54, 1.807) is 0 Å². The Hall–Kier alpha value is -3.19. The summed E-state index contributed by atoms with van der Waals surface area (Å²) in [6, 6.07) is 11.6. The van der Waals surface area contributed by atoms with E-state index in [0.29, 0.717) is 31.9 Å². The van der Waals surface area contributed by atoms with Crippen LogP contribution in [0.3, 0.4) is 0 Å². The molecule has 0 spiro atoms. The average Bonchev–Trinajstić information content (AvgIpc) is 3.43. The molecule has 1 aromatic carbocycles. The Morgan fingerprint density at radius 1 is 1.00 bits per heavy atom. The zero-order valence-corrected chi connectivity index (χ0v) is 15.5. The van der Waals surface area contributed by atoms with Crippen LogP contribution in [0.1, 0.15) is 21.6 Å². The van der Waals surface area contributed by atoms with Crippen LogP contribution in [0.15, 0.2) is 55.0 Å². The normalized spacial score (nSPS) is 16.3. The topological polar surface area (TPSA) is 63.5 Å². The molecule has 0 saturated carbocycles. The molecule has 0 unspecified atom stereocenters. The van der Waals surface area contributed by atoms with Gasteiger partial charge in [0.25, 0.3) is 5.91 Å². The molecular formula is C21H21N5O2. The van der Waals surface area contributed by atoms with Crippen LogP contribution in [0.25, 0.3) is 5.69 Å². The number of carbonyl (C=O) groups is 1. The maximum atomic E-state index is 12.9. The molecule has 2 aromatic heterocycles. The lowest BCUT2D eigenvalue weighted by Gasteiger charge is -2.26. The first kappa shape index (κ1) is 16.9. The summed E-state index contributed by atoms with van der Waals surface area (Å²) < 4.78 is 7.41. The number of benzene rings is 1. The Morgan fingerprint density at radius 2 is 1.75 bits per heavy atom. The zero-order valence-electron chi connectivity index (χ0n) is 15.5. The second kappa shape index (κ2) is 7.09. The third kappa shape index (κ3) is 3.14. The molecule has 28 heavy (non-hydrogen) atoms. The summed E-state index contributed by atoms with van der Waals surface area (Å²) in [6.07, 6.45) is 5.83. The Bertz CT molecular complexity index is 979. The number of ether oxygens (including phenoxy) is 1. The molecule has 3 aromatic rings. The molecule has 7 nitrogen and oxygen atoms in total. The molecule has 2 aliphatic rings. The number of anilines is 1. The highest BCUT2D eigenvalue weighted by Gasteiger charge is 2.27. The van der Waals surface area contributed by atoms with Gasteiger partial charge in [0.2, 0.25) is 5.95 Å². The van der Waals surface area contributed by atoms with Gasteiger partial charge in [-0.25, -0.2) is 9.97 Å². The minimum atomic E-state index is 0.0185. The van der Waals surface area contributed by atoms with Gasteiger partial charge in [0.05, 0.1) is 25.5 Å². The van der Waals surface area contributed by atoms with Crippen molar-refractivity contribution in [2.45, 2.75) is 13.1 Å². The second-order valence-electron chi connectivity index (χ2n) is 7.04. The SMILES string of the molecule is O=C(c1ccc(-n2cccc2)cc1)N1Cc2cnc(N3CCOCC3)nc2C1. The highest BCUT2D eigenvalue weighted by Crippen LogP contribution is 2.24. The molecule has 1 amide bonds. The predicted molar refractivity (Wildman–Crippen MR) is 104 cm³/mol. The van der Waals surface area contributed by atoms with Crippen molar-refractivity contribution < 1.29 is 9.53 Å². The van der Waals surface area contributed by atoms with Gasteiger partial charge in [0.1, 0.15) is 0 Å². The summed E-state index contributed by atoms with van der Waals surface area (Å²) in [6.45, 7) is 4.07. The Morgan fingerprint density at radius 3 is 2.50 bits per heavy atom. The predicted octanol–water partition coefficient (Wildman–Crippen LogP) is 2.26. The van der Waals surface area contributed by atoms with Gasteiger partial charge in [-0.3, -0.25) is 4.79 Å². The number of hydrogen-bond acceptors (Lipinski definition) is 5. The Labute approximate surface area is 163 Å². The number of nitrogens with zero attached hydrogens (tertiary/aromatic N) is 5. The fraction of sp³-hybridized carbons (Fsp3) is 0.286. The van der Waals surface area contributed by atoms with Crippen molar-refractivity contribution in [3.05, 3.63) is 71.8 Å². The maximum Gasteiger partial charge on any atom is 0.254 e. The number of hydrogen-bond donors (Lipinski definition) is 0. The minimum Gasteiger partial charge on any atom is -0.378 e. The van der Waals surface area contributed by atoms with Crippen molar-refractivity contribution in [2.24, 2.45) is 0 Å². The Balaban J connectivity index is 1.31. The largest absolute Gasteiger partial charge is 0.378 e. The average molecular weight is 375 g/mol. The molecule has 5 rings (SSSR count). The molecular weight excluding hydrogens is 354 g/mol. The van der Waals surface area contributed by atoms with Crippen molar-refractivity contribution in [3.63, 3.8) is 0 Å². The molecule has 0 bridgehead atoms. The fourth-order valence-electron chi connectivity index (χ4n) is 3.67. The van der Waals surface area contributed by atoms with E-state index in [-0.39, 0.29) is 5.91 Å². The van der Waals surface area contributed by atoms with Crippen molar-refractivity contribution >= 4 is 11.9 Å². The third-order valence-electron chi connectivity index (χ3n) is 5.24. The van der Waals surface area contributed by atoms with Crippen LogP contribution in [0.2, 0.25) is 0 Å². The number of carbonyl (C=O) groups excluding carboxylic acids is 1. The van der Waals surface area contributed by atoms with E-state index in [1.165, 1.54) is 0 Å². The lowest BCUT2D eigenvalue weighted by molar-refractivity contribution is 0.0750. The fourth-order valence-corrected chi connectivity index (χ4v) is 3.67. The van der Waals surface area contributed by atoms with Gasteiger partial charge in [-0.15, -0.1) is 0 Å². The first-order chi connectivity index (χ1) is 13.8. The summed E-state index contributed by atoms with van der Waals surface area (Å²) in [7, 11) is 0. The van der Waals surface area contributed by atoms with E-state index in [4.69, 9.17) is 9.72 Å². The first-order valence-corrected chi connectivity index (χ1v) is 9.48. The van der Waals surface area contributed by atoms with E-state index in [1.807, 2.05) is 64.5 Å². The zero-order chi connectivity index (χ0) is 18.9. The standard InChI is InChI=1S/C21H21N5O2/c27-20(16-3-5-18(6-4-16)24-7-1-2-8-24)26-14-17-13-22-21(23-19(17)15-26)25-9-11-28-12-10-25/h1-8,13H,9-12,14-15H2. The molecule has 0 radical (unpaired) electrons. The van der Waals surface area contributed by atoms with Crippen LogP contribution >= 0.6 is 0 Å². The second-order valence-corrected chi connectivity index (χ2v) is 7.04. The minimum absolute atomic E-state index is 0.0185. The van der Waals surface area contributed by atoms with Crippen molar-refractivity contribution in [1.82, 2.24) is 19.4 Å². The van der Waals surface area contributed by atoms with Crippen LogP contribution in [-0.2, 0) is 17.8 Å². The summed E-state index contributed by atoms with van der Waals surface area (Å²) in [4.78, 5) is 26.1. The van der Waals surface area contributed by atoms with Gasteiger partial charge in [-0.1, -0.05) is 0 Å². The van der Waals surface area contributed by atoms with Gasteiger partial charge in [-0.05, 0) is 36.4 Å². The Kier molecular flexibility index (Phi) is 4.29. The van der Waals surface area contributed by atoms with Gasteiger partial charge in [0, 0.05) is 55.0 Å². The third-order valence-corrected chi connectivity index (χ3v) is 5.24. The van der Waals surface area contributed by atoms with E-state index in [2.05, 4.69) is 9.88 Å². The van der Waals surface area contributed by atoms with E-state index < -0.39 is 0 Å². The molecule has 0 atom stereocenters. The van der Waals surface area contributed by atoms with Gasteiger partial charge in [0.15, 0.2) is 0 Å². The molecule has 2 aliphatic heterocycles. The molecule has 7 heteroatoms. The summed E-state index contributed by atoms with van der Waals surface area (Å²) in [5.41, 5.74) is 3.68. The molecule has 1 fully saturated rings. The maximum absolute atomic E-state index is 12.9. The van der Waals surface area contributed by atoms with Crippen LogP contribution in [0, 0.1) is 0 Å². The molecule has 4 heterocycles. The smallest absolute Gasteiger partial charge is 0.254 e. The number of rotatable bonds is 3. The molecule has 0 aliphatic carbocycles. The highest BCUT2D eigenvalue weighted by atomic mass is 16.5. The summed E-state index contributed by atoms with van der Waals surface area (Å²) in [5.74, 6) is 0.748. The molecule has 0 N–H and O–H groups in total. The lowest BCUT2D eigenvalue weighted by Crippen LogP contribution is -2.37. The summed E-state index contributed by atoms with van der Waals surface area (Å²) >= 11 is 0. The van der Waals surface area contributed by atoms with E-state index >= 15 is 0 Å². The van der Waals surface area contributed by atoms with Crippen molar-refractivity contribution in [1.29, 1.82) is 0 Å². The van der Waals surface area contributed by atoms with Gasteiger partial charge in [-0.2, -0.15) is 0 Å². The molecule has 1 saturated heterocycles. The molecule has 142 valence electrons. The van der Waals surface area contributed by atoms with E-state index in [0.717, 1.165) is 36.0 Å². The number of morpholine rings is 1. The van der Waals surface area contributed by atoms with Crippen molar-refractivity contribution in [3.8, 4) is 5.69 Å². The quantitative estimate of drug-likeness (QED) is 0.703. The van der Waals surface area contributed by atoms with Crippen LogP contribution in [-0.4, -0.2) is 51.6 Å². The number of aromatic nitrogens is 3. The van der Waals surface area contributed by atoms with E-state index in [9.17, 15) is 4.79 Å².